The van der Waals surface area contributed by atoms with Crippen molar-refractivity contribution in [3.63, 3.8) is 0 Å². The Morgan fingerprint density at radius 2 is 2.20 bits per heavy atom. The van der Waals surface area contributed by atoms with Crippen LogP contribution in [0, 0.1) is 0 Å². The summed E-state index contributed by atoms with van der Waals surface area (Å²) in [7, 11) is 1.95. The lowest BCUT2D eigenvalue weighted by molar-refractivity contribution is -0.232. The molecule has 1 saturated heterocycles. The van der Waals surface area contributed by atoms with Gasteiger partial charge in [0.15, 0.2) is 6.29 Å². The van der Waals surface area contributed by atoms with Crippen molar-refractivity contribution in [2.75, 3.05) is 13.7 Å². The van der Waals surface area contributed by atoms with Crippen LogP contribution in [0.4, 0.5) is 0 Å². The van der Waals surface area contributed by atoms with Crippen molar-refractivity contribution in [3.05, 3.63) is 35.4 Å². The molecule has 2 bridgehead atoms. The summed E-state index contributed by atoms with van der Waals surface area (Å²) in [6, 6.07) is 8.74. The number of fused-ring (bicyclic) bond motifs is 4. The van der Waals surface area contributed by atoms with Gasteiger partial charge in [-0.05, 0) is 18.2 Å². The van der Waals surface area contributed by atoms with E-state index in [-0.39, 0.29) is 18.4 Å². The van der Waals surface area contributed by atoms with Crippen LogP contribution >= 0.6 is 0 Å². The summed E-state index contributed by atoms with van der Waals surface area (Å²) in [6.07, 6.45) is 0.983. The summed E-state index contributed by atoms with van der Waals surface area (Å²) >= 11 is 0. The standard InChI is InChI=1S/C12H15NO2/c1-13-10-7-14-11-6-8-4-2-3-5-9(8)12(10)15-11/h2-5,10-13H,6-7H2,1H3/t10-,11-,12+/m1/s1. The summed E-state index contributed by atoms with van der Waals surface area (Å²) in [6.45, 7) is 0.736. The minimum Gasteiger partial charge on any atom is -0.351 e. The van der Waals surface area contributed by atoms with E-state index < -0.39 is 0 Å². The Hall–Kier alpha value is -0.900. The first-order valence-corrected chi connectivity index (χ1v) is 5.40. The van der Waals surface area contributed by atoms with Crippen LogP contribution in [0.1, 0.15) is 17.2 Å². The number of hydrogen-bond donors (Lipinski definition) is 1. The van der Waals surface area contributed by atoms with Gasteiger partial charge in [0, 0.05) is 6.42 Å². The maximum absolute atomic E-state index is 5.87. The minimum absolute atomic E-state index is 0.0468. The van der Waals surface area contributed by atoms with Gasteiger partial charge in [-0.3, -0.25) is 0 Å². The van der Waals surface area contributed by atoms with Gasteiger partial charge in [-0.25, -0.2) is 0 Å². The first-order chi connectivity index (χ1) is 7.38. The number of likely N-dealkylation sites (N-methyl/N-ethyl adjacent to an activating group) is 1. The van der Waals surface area contributed by atoms with Gasteiger partial charge < -0.3 is 14.8 Å². The van der Waals surface area contributed by atoms with E-state index in [9.17, 15) is 0 Å². The summed E-state index contributed by atoms with van der Waals surface area (Å²) in [5.74, 6) is 0. The largest absolute Gasteiger partial charge is 0.351 e. The Kier molecular flexibility index (Phi) is 2.24. The monoisotopic (exact) mass is 205 g/mol. The van der Waals surface area contributed by atoms with Crippen molar-refractivity contribution in [3.8, 4) is 0 Å². The molecule has 0 spiro atoms. The van der Waals surface area contributed by atoms with E-state index in [0.29, 0.717) is 0 Å². The van der Waals surface area contributed by atoms with E-state index in [2.05, 4.69) is 29.6 Å². The Morgan fingerprint density at radius 1 is 1.33 bits per heavy atom. The zero-order valence-corrected chi connectivity index (χ0v) is 8.77. The van der Waals surface area contributed by atoms with Gasteiger partial charge in [0.2, 0.25) is 0 Å². The molecule has 2 aliphatic rings. The van der Waals surface area contributed by atoms with E-state index in [1.807, 2.05) is 7.05 Å². The Balaban J connectivity index is 2.01. The highest BCUT2D eigenvalue weighted by Gasteiger charge is 2.37. The van der Waals surface area contributed by atoms with Crippen molar-refractivity contribution < 1.29 is 9.47 Å². The second-order valence-electron chi connectivity index (χ2n) is 4.12. The fourth-order valence-corrected chi connectivity index (χ4v) is 2.41. The molecule has 15 heavy (non-hydrogen) atoms. The number of benzene rings is 1. The van der Waals surface area contributed by atoms with Crippen LogP contribution in [0.25, 0.3) is 0 Å². The highest BCUT2D eigenvalue weighted by molar-refractivity contribution is 5.32. The Morgan fingerprint density at radius 3 is 3.07 bits per heavy atom. The van der Waals surface area contributed by atoms with Gasteiger partial charge in [0.25, 0.3) is 0 Å². The molecule has 1 fully saturated rings. The van der Waals surface area contributed by atoms with Crippen LogP contribution in [0.3, 0.4) is 0 Å². The summed E-state index contributed by atoms with van der Waals surface area (Å²) in [5.41, 5.74) is 2.68. The van der Waals surface area contributed by atoms with E-state index in [1.54, 1.807) is 0 Å². The van der Waals surface area contributed by atoms with Crippen molar-refractivity contribution in [2.45, 2.75) is 24.9 Å². The summed E-state index contributed by atoms with van der Waals surface area (Å²) in [5, 5.41) is 3.25. The van der Waals surface area contributed by atoms with Crippen LogP contribution in [0.2, 0.25) is 0 Å². The molecule has 2 aliphatic heterocycles. The zero-order valence-electron chi connectivity index (χ0n) is 8.77. The molecule has 2 heterocycles. The van der Waals surface area contributed by atoms with Crippen LogP contribution in [0.5, 0.6) is 0 Å². The smallest absolute Gasteiger partial charge is 0.162 e. The molecule has 3 rings (SSSR count). The molecule has 0 aliphatic carbocycles. The van der Waals surface area contributed by atoms with E-state index >= 15 is 0 Å². The lowest BCUT2D eigenvalue weighted by Crippen LogP contribution is -2.48. The van der Waals surface area contributed by atoms with Gasteiger partial charge in [-0.1, -0.05) is 24.3 Å². The van der Waals surface area contributed by atoms with Gasteiger partial charge in [-0.2, -0.15) is 0 Å². The Labute approximate surface area is 89.4 Å². The SMILES string of the molecule is CN[C@@H]1CO[C@H]2Cc3ccccc3[C@@H]1O2. The predicted molar refractivity (Wildman–Crippen MR) is 56.6 cm³/mol. The van der Waals surface area contributed by atoms with E-state index in [0.717, 1.165) is 13.0 Å². The van der Waals surface area contributed by atoms with Crippen LogP contribution < -0.4 is 5.32 Å². The van der Waals surface area contributed by atoms with Crippen molar-refractivity contribution in [1.29, 1.82) is 0 Å². The zero-order chi connectivity index (χ0) is 10.3. The molecule has 3 nitrogen and oxygen atoms in total. The maximum Gasteiger partial charge on any atom is 0.162 e. The number of ether oxygens (including phenoxy) is 2. The molecule has 80 valence electrons. The lowest BCUT2D eigenvalue weighted by atomic mass is 9.91. The topological polar surface area (TPSA) is 30.5 Å². The summed E-state index contributed by atoms with van der Waals surface area (Å²) in [4.78, 5) is 0. The molecule has 0 radical (unpaired) electrons. The second kappa shape index (κ2) is 3.59. The number of hydrogen-bond acceptors (Lipinski definition) is 3. The van der Waals surface area contributed by atoms with Gasteiger partial charge in [0.1, 0.15) is 6.10 Å². The molecular weight excluding hydrogens is 190 g/mol. The third-order valence-corrected chi connectivity index (χ3v) is 3.24. The number of rotatable bonds is 1. The summed E-state index contributed by atoms with van der Waals surface area (Å²) < 4.78 is 11.5. The fraction of sp³-hybridized carbons (Fsp3) is 0.500. The van der Waals surface area contributed by atoms with E-state index in [1.165, 1.54) is 11.1 Å². The average molecular weight is 205 g/mol. The predicted octanol–water partition coefficient (Wildman–Crippen LogP) is 1.24. The van der Waals surface area contributed by atoms with Gasteiger partial charge in [-0.15, -0.1) is 0 Å². The van der Waals surface area contributed by atoms with Gasteiger partial charge in [0.05, 0.1) is 12.6 Å². The van der Waals surface area contributed by atoms with Crippen LogP contribution in [-0.2, 0) is 15.9 Å². The molecule has 0 unspecified atom stereocenters. The molecule has 1 N–H and O–H groups in total. The first kappa shape index (κ1) is 9.33. The quantitative estimate of drug-likeness (QED) is 0.748. The van der Waals surface area contributed by atoms with Crippen molar-refractivity contribution in [1.82, 2.24) is 5.32 Å². The normalized spacial score (nSPS) is 33.5. The molecule has 1 aromatic rings. The molecule has 1 aromatic carbocycles. The molecular formula is C12H15NO2. The molecule has 0 aromatic heterocycles. The third kappa shape index (κ3) is 1.47. The van der Waals surface area contributed by atoms with Crippen LogP contribution in [-0.4, -0.2) is 26.0 Å². The van der Waals surface area contributed by atoms with Crippen molar-refractivity contribution in [2.24, 2.45) is 0 Å². The van der Waals surface area contributed by atoms with Crippen LogP contribution in [0.15, 0.2) is 24.3 Å². The third-order valence-electron chi connectivity index (χ3n) is 3.24. The highest BCUT2D eigenvalue weighted by Crippen LogP contribution is 2.36. The molecule has 0 amide bonds. The minimum atomic E-state index is -0.0468. The maximum atomic E-state index is 5.87. The van der Waals surface area contributed by atoms with Gasteiger partial charge >= 0.3 is 0 Å². The molecule has 3 atom stereocenters. The van der Waals surface area contributed by atoms with E-state index in [4.69, 9.17) is 9.47 Å². The second-order valence-corrected chi connectivity index (χ2v) is 4.12. The average Bonchev–Trinajstić information content (AvgIpc) is 2.30. The lowest BCUT2D eigenvalue weighted by Gasteiger charge is -2.41. The fourth-order valence-electron chi connectivity index (χ4n) is 2.41. The number of nitrogens with one attached hydrogen (secondary N) is 1. The van der Waals surface area contributed by atoms with Crippen molar-refractivity contribution >= 4 is 0 Å². The Bertz CT molecular complexity index is 366. The molecule has 3 heteroatoms. The molecule has 0 saturated carbocycles. The first-order valence-electron chi connectivity index (χ1n) is 5.40. The highest BCUT2D eigenvalue weighted by atomic mass is 16.7.